The lowest BCUT2D eigenvalue weighted by Crippen LogP contribution is -2.36. The molecule has 1 aromatic carbocycles. The maximum Gasteiger partial charge on any atom is 0.471 e. The summed E-state index contributed by atoms with van der Waals surface area (Å²) in [7, 11) is -2.07. The van der Waals surface area contributed by atoms with Gasteiger partial charge in [0.05, 0.1) is 24.8 Å². The molecule has 1 fully saturated rings. The zero-order valence-corrected chi connectivity index (χ0v) is 25.0. The number of anilines is 1. The molecule has 1 saturated heterocycles. The highest BCUT2D eigenvalue weighted by atomic mass is 33.1. The van der Waals surface area contributed by atoms with E-state index in [9.17, 15) is 32.1 Å². The Morgan fingerprint density at radius 3 is 2.63 bits per heavy atom. The summed E-state index contributed by atoms with van der Waals surface area (Å²) in [6.45, 7) is 0.464. The summed E-state index contributed by atoms with van der Waals surface area (Å²) >= 11 is 0. The van der Waals surface area contributed by atoms with Crippen LogP contribution in [0.15, 0.2) is 41.3 Å². The molecule has 4 atom stereocenters. The summed E-state index contributed by atoms with van der Waals surface area (Å²) in [5.74, 6) is 1.66. The highest BCUT2D eigenvalue weighted by Crippen LogP contribution is 2.39. The maximum atomic E-state index is 13.1. The lowest BCUT2D eigenvalue weighted by Gasteiger charge is -2.22. The molecule has 1 aliphatic rings. The van der Waals surface area contributed by atoms with Crippen LogP contribution in [-0.2, 0) is 23.4 Å². The van der Waals surface area contributed by atoms with Crippen LogP contribution in [0.25, 0.3) is 0 Å². The Hall–Kier alpha value is -2.88. The van der Waals surface area contributed by atoms with Gasteiger partial charge in [0.1, 0.15) is 17.8 Å². The number of nitrogens with zero attached hydrogens (tertiary/aromatic N) is 2. The zero-order valence-electron chi connectivity index (χ0n) is 22.4. The van der Waals surface area contributed by atoms with Crippen LogP contribution in [0.3, 0.4) is 0 Å². The molecule has 3 rings (SSSR count). The molecular weight excluding hydrogens is 640 g/mol. The van der Waals surface area contributed by atoms with E-state index in [0.29, 0.717) is 0 Å². The molecule has 1 aromatic heterocycles. The number of rotatable bonds is 11. The van der Waals surface area contributed by atoms with Gasteiger partial charge in [-0.15, -0.1) is 0 Å². The van der Waals surface area contributed by atoms with Gasteiger partial charge >= 0.3 is 25.6 Å². The minimum absolute atomic E-state index is 0.0142. The van der Waals surface area contributed by atoms with Crippen molar-refractivity contribution in [1.29, 1.82) is 0 Å². The minimum Gasteiger partial charge on any atom is -0.361 e. The van der Waals surface area contributed by atoms with Gasteiger partial charge < -0.3 is 29.9 Å². The Morgan fingerprint density at radius 1 is 1.30 bits per heavy atom. The van der Waals surface area contributed by atoms with Crippen LogP contribution in [0.1, 0.15) is 35.5 Å². The molecule has 2 amide bonds. The van der Waals surface area contributed by atoms with E-state index < -0.39 is 63.1 Å². The first-order valence-electron chi connectivity index (χ1n) is 12.2. The molecule has 0 bridgehead atoms. The van der Waals surface area contributed by atoms with Crippen molar-refractivity contribution in [1.82, 2.24) is 14.9 Å². The molecule has 1 aliphatic heterocycles. The summed E-state index contributed by atoms with van der Waals surface area (Å²) in [4.78, 5) is 59.1. The molecule has 0 saturated carbocycles. The second-order valence-electron chi connectivity index (χ2n) is 8.65. The average molecular weight is 667 g/mol. The monoisotopic (exact) mass is 666 g/mol. The van der Waals surface area contributed by atoms with Crippen molar-refractivity contribution in [3.8, 4) is 11.8 Å². The van der Waals surface area contributed by atoms with Crippen LogP contribution in [-0.4, -0.2) is 74.4 Å². The van der Waals surface area contributed by atoms with E-state index in [1.54, 1.807) is 30.4 Å². The predicted molar refractivity (Wildman–Crippen MR) is 151 cm³/mol. The second kappa shape index (κ2) is 15.2. The van der Waals surface area contributed by atoms with Gasteiger partial charge in [-0.3, -0.25) is 18.7 Å². The maximum absolute atomic E-state index is 13.1. The fourth-order valence-corrected chi connectivity index (χ4v) is 5.48. The third-order valence-corrected chi connectivity index (χ3v) is 7.98. The van der Waals surface area contributed by atoms with Crippen molar-refractivity contribution >= 4 is 47.0 Å². The van der Waals surface area contributed by atoms with Gasteiger partial charge in [-0.05, 0) is 25.3 Å². The Bertz CT molecular complexity index is 1460. The molecule has 0 aliphatic carbocycles. The van der Waals surface area contributed by atoms with Crippen molar-refractivity contribution in [2.24, 2.45) is 0 Å². The molecule has 4 N–H and O–H groups in total. The molecule has 2 aromatic rings. The number of carbonyl (C=O) groups excluding carboxylic acids is 2. The summed E-state index contributed by atoms with van der Waals surface area (Å²) in [6.07, 6.45) is -5.00. The lowest BCUT2D eigenvalue weighted by atomic mass is 10.2. The number of ether oxygens (including phenoxy) is 2. The number of carbonyl (C=O) groups is 2. The number of nitrogens with one attached hydrogen (secondary N) is 2. The number of halogens is 3. The number of alkyl halides is 3. The van der Waals surface area contributed by atoms with E-state index in [0.717, 1.165) is 10.8 Å². The van der Waals surface area contributed by atoms with E-state index >= 15 is 0 Å². The van der Waals surface area contributed by atoms with E-state index in [2.05, 4.69) is 26.7 Å². The van der Waals surface area contributed by atoms with E-state index in [-0.39, 0.29) is 28.8 Å². The van der Waals surface area contributed by atoms with Gasteiger partial charge in [-0.25, -0.2) is 9.36 Å². The Balaban J connectivity index is 1.93. The third kappa shape index (κ3) is 10.7. The lowest BCUT2D eigenvalue weighted by molar-refractivity contribution is -0.173. The summed E-state index contributed by atoms with van der Waals surface area (Å²) < 4.78 is 66.2. The third-order valence-electron chi connectivity index (χ3n) is 5.53. The minimum atomic E-state index is -5.12. The van der Waals surface area contributed by atoms with Crippen molar-refractivity contribution in [2.45, 2.75) is 43.4 Å². The largest absolute Gasteiger partial charge is 0.471 e. The van der Waals surface area contributed by atoms with E-state index in [1.165, 1.54) is 33.7 Å². The molecule has 234 valence electrons. The molecule has 43 heavy (non-hydrogen) atoms. The van der Waals surface area contributed by atoms with Gasteiger partial charge in [0.2, 0.25) is 0 Å². The van der Waals surface area contributed by atoms with Crippen LogP contribution >= 0.6 is 29.4 Å². The fraction of sp³-hybridized carbons (Fsp3) is 0.417. The predicted octanol–water partition coefficient (Wildman–Crippen LogP) is 2.66. The number of benzene rings is 1. The number of phosphoric ester groups is 1. The highest BCUT2D eigenvalue weighted by molar-refractivity contribution is 8.76. The summed E-state index contributed by atoms with van der Waals surface area (Å²) in [5, 5.41) is 4.03. The second-order valence-corrected chi connectivity index (χ2v) is 12.7. The van der Waals surface area contributed by atoms with Gasteiger partial charge in [0.25, 0.3) is 5.91 Å². The Labute approximate surface area is 250 Å². The van der Waals surface area contributed by atoms with Crippen molar-refractivity contribution < 1.29 is 51.1 Å². The molecule has 1 unspecified atom stereocenters. The Morgan fingerprint density at radius 2 is 2.00 bits per heavy atom. The smallest absolute Gasteiger partial charge is 0.361 e. The first-order valence-corrected chi connectivity index (χ1v) is 16.4. The Kier molecular flexibility index (Phi) is 12.2. The van der Waals surface area contributed by atoms with E-state index in [1.807, 2.05) is 6.26 Å². The quantitative estimate of drug-likeness (QED) is 0.120. The van der Waals surface area contributed by atoms with Crippen molar-refractivity contribution in [3.63, 3.8) is 0 Å². The highest BCUT2D eigenvalue weighted by Gasteiger charge is 2.40. The number of phosphoric acid groups is 1. The van der Waals surface area contributed by atoms with Crippen LogP contribution in [0.4, 0.5) is 19.0 Å². The number of aromatic nitrogens is 2. The molecule has 2 heterocycles. The molecule has 0 spiro atoms. The molecule has 13 nitrogen and oxygen atoms in total. The number of amides is 2. The first kappa shape index (κ1) is 34.6. The molecule has 0 radical (unpaired) electrons. The summed E-state index contributed by atoms with van der Waals surface area (Å²) in [6, 6.07) is 7.88. The summed E-state index contributed by atoms with van der Waals surface area (Å²) in [5.41, 5.74) is -1.17. The van der Waals surface area contributed by atoms with Crippen molar-refractivity contribution in [2.75, 3.05) is 24.7 Å². The van der Waals surface area contributed by atoms with Gasteiger partial charge in [0.15, 0.2) is 5.82 Å². The first-order chi connectivity index (χ1) is 20.2. The topological polar surface area (TPSA) is 178 Å². The van der Waals surface area contributed by atoms with Gasteiger partial charge in [-0.1, -0.05) is 51.6 Å². The van der Waals surface area contributed by atoms with Crippen molar-refractivity contribution in [3.05, 3.63) is 58.1 Å². The van der Waals surface area contributed by atoms with Crippen LogP contribution in [0.2, 0.25) is 0 Å². The van der Waals surface area contributed by atoms with E-state index in [4.69, 9.17) is 19.3 Å². The molecule has 19 heteroatoms. The van der Waals surface area contributed by atoms with Crippen LogP contribution in [0, 0.1) is 11.8 Å². The molecular formula is C24H26F3N4O9PS2. The van der Waals surface area contributed by atoms with Crippen LogP contribution < -0.4 is 16.3 Å². The SMILES string of the molecule is CSS[C@H](C)OC1C[C@H](n2cc(C#CCNC(=O)C(F)(F)F)c(NC(=O)c3ccccc3)nc2=O)O[C@@H]1COP(=O)(O)O. The van der Waals surface area contributed by atoms with Crippen LogP contribution in [0.5, 0.6) is 0 Å². The fourth-order valence-electron chi connectivity index (χ4n) is 3.73. The number of hydrogen-bond acceptors (Lipinski definition) is 10. The van der Waals surface area contributed by atoms with Gasteiger partial charge in [-0.2, -0.15) is 18.2 Å². The zero-order chi connectivity index (χ0) is 31.8. The number of hydrogen-bond donors (Lipinski definition) is 4. The standard InChI is InChI=1S/C24H26F3N4O9PS2/c1-14(43-42-2)39-17-11-19(40-18(17)13-38-41(35,36)37)31-12-16(9-6-10-28-22(33)24(25,26)27)20(30-23(31)34)29-21(32)15-7-4-3-5-8-15/h3-5,7-8,12,14,17-19H,10-11,13H2,1-2H3,(H,28,33)(H2,35,36,37)(H,29,30,32,34)/t14-,17?,18-,19-/m1/s1. The van der Waals surface area contributed by atoms with Gasteiger partial charge in [0, 0.05) is 18.2 Å². The average Bonchev–Trinajstić information content (AvgIpc) is 3.32. The normalized spacial score (nSPS) is 19.3.